The second-order valence-electron chi connectivity index (χ2n) is 4.83. The van der Waals surface area contributed by atoms with Gasteiger partial charge in [-0.2, -0.15) is 0 Å². The first kappa shape index (κ1) is 17.2. The number of hydrogen-bond donors (Lipinski definition) is 2. The first-order chi connectivity index (χ1) is 9.75. The molecule has 1 aromatic carbocycles. The van der Waals surface area contributed by atoms with E-state index in [2.05, 4.69) is 5.32 Å². The average Bonchev–Trinajstić information content (AvgIpc) is 2.36. The van der Waals surface area contributed by atoms with E-state index in [0.717, 1.165) is 0 Å². The van der Waals surface area contributed by atoms with Crippen LogP contribution >= 0.6 is 0 Å². The van der Waals surface area contributed by atoms with Crippen molar-refractivity contribution in [2.75, 3.05) is 16.8 Å². The van der Waals surface area contributed by atoms with Gasteiger partial charge >= 0.3 is 5.97 Å². The largest absolute Gasteiger partial charge is 0.481 e. The molecule has 7 heteroatoms. The van der Waals surface area contributed by atoms with E-state index in [4.69, 9.17) is 5.11 Å². The number of hydrogen-bond acceptors (Lipinski definition) is 4. The van der Waals surface area contributed by atoms with Crippen molar-refractivity contribution < 1.29 is 23.1 Å². The molecule has 0 aromatic heterocycles. The minimum absolute atomic E-state index is 0.0312. The lowest BCUT2D eigenvalue weighted by atomic mass is 10.0. The Balaban J connectivity index is 2.78. The second kappa shape index (κ2) is 7.21. The second-order valence-corrected chi connectivity index (χ2v) is 7.01. The lowest BCUT2D eigenvalue weighted by Gasteiger charge is -2.10. The number of carbonyl (C=O) groups is 2. The third kappa shape index (κ3) is 5.55. The molecule has 6 nitrogen and oxygen atoms in total. The summed E-state index contributed by atoms with van der Waals surface area (Å²) in [7, 11) is -3.40. The number of rotatable bonds is 7. The van der Waals surface area contributed by atoms with Gasteiger partial charge in [0.2, 0.25) is 5.91 Å². The molecule has 0 radical (unpaired) electrons. The highest BCUT2D eigenvalue weighted by atomic mass is 32.2. The molecule has 0 spiro atoms. The first-order valence-electron chi connectivity index (χ1n) is 6.58. The summed E-state index contributed by atoms with van der Waals surface area (Å²) in [4.78, 5) is 22.6. The summed E-state index contributed by atoms with van der Waals surface area (Å²) in [5.41, 5.74) is 0.925. The minimum atomic E-state index is -3.40. The quantitative estimate of drug-likeness (QED) is 0.797. The molecule has 0 saturated heterocycles. The SMILES string of the molecule is CCCS(=O)(=O)CC(=O)Nc1cccc(C(C)C(=O)O)c1. The van der Waals surface area contributed by atoms with Gasteiger partial charge in [-0.3, -0.25) is 9.59 Å². The third-order valence-corrected chi connectivity index (χ3v) is 4.64. The van der Waals surface area contributed by atoms with Crippen LogP contribution in [-0.2, 0) is 19.4 Å². The van der Waals surface area contributed by atoms with Crippen LogP contribution in [0, 0.1) is 0 Å². The number of sulfone groups is 1. The Morgan fingerprint density at radius 3 is 2.57 bits per heavy atom. The monoisotopic (exact) mass is 313 g/mol. The lowest BCUT2D eigenvalue weighted by Crippen LogP contribution is -2.24. The van der Waals surface area contributed by atoms with Gasteiger partial charge in [0.1, 0.15) is 5.75 Å². The Hall–Kier alpha value is -1.89. The van der Waals surface area contributed by atoms with Gasteiger partial charge in [-0.15, -0.1) is 0 Å². The zero-order chi connectivity index (χ0) is 16.0. The summed E-state index contributed by atoms with van der Waals surface area (Å²) in [5, 5.41) is 11.4. The van der Waals surface area contributed by atoms with Gasteiger partial charge in [0.25, 0.3) is 0 Å². The van der Waals surface area contributed by atoms with Crippen LogP contribution in [-0.4, -0.2) is 36.9 Å². The number of carboxylic acids is 1. The summed E-state index contributed by atoms with van der Waals surface area (Å²) in [5.74, 6) is -2.89. The molecule has 0 aliphatic rings. The number of carbonyl (C=O) groups excluding carboxylic acids is 1. The molecule has 1 atom stereocenters. The Bertz CT molecular complexity index is 624. The smallest absolute Gasteiger partial charge is 0.310 e. The molecule has 1 unspecified atom stereocenters. The maximum Gasteiger partial charge on any atom is 0.310 e. The van der Waals surface area contributed by atoms with Gasteiger partial charge in [-0.05, 0) is 31.0 Å². The Kier molecular flexibility index (Phi) is 5.90. The van der Waals surface area contributed by atoms with Crippen LogP contribution in [0.25, 0.3) is 0 Å². The molecular formula is C14H19NO5S. The number of benzene rings is 1. The molecule has 1 aromatic rings. The van der Waals surface area contributed by atoms with Crippen molar-refractivity contribution in [1.82, 2.24) is 0 Å². The standard InChI is InChI=1S/C14H19NO5S/c1-3-7-21(19,20)9-13(16)15-12-6-4-5-11(8-12)10(2)14(17)18/h4-6,8,10H,3,7,9H2,1-2H3,(H,15,16)(H,17,18). The minimum Gasteiger partial charge on any atom is -0.481 e. The van der Waals surface area contributed by atoms with Crippen molar-refractivity contribution in [2.45, 2.75) is 26.2 Å². The molecule has 0 aliphatic carbocycles. The van der Waals surface area contributed by atoms with Gasteiger partial charge in [0, 0.05) is 5.69 Å². The van der Waals surface area contributed by atoms with E-state index in [-0.39, 0.29) is 5.75 Å². The normalized spacial score (nSPS) is 12.7. The summed E-state index contributed by atoms with van der Waals surface area (Å²) < 4.78 is 23.1. The zero-order valence-electron chi connectivity index (χ0n) is 12.0. The molecule has 1 amide bonds. The van der Waals surface area contributed by atoms with Crippen molar-refractivity contribution in [3.8, 4) is 0 Å². The van der Waals surface area contributed by atoms with E-state index in [1.165, 1.54) is 13.0 Å². The first-order valence-corrected chi connectivity index (χ1v) is 8.40. The Morgan fingerprint density at radius 1 is 1.33 bits per heavy atom. The van der Waals surface area contributed by atoms with Crippen LogP contribution in [0.3, 0.4) is 0 Å². The predicted octanol–water partition coefficient (Wildman–Crippen LogP) is 1.64. The van der Waals surface area contributed by atoms with Crippen molar-refractivity contribution in [3.63, 3.8) is 0 Å². The van der Waals surface area contributed by atoms with Crippen molar-refractivity contribution in [2.24, 2.45) is 0 Å². The Labute approximate surface area is 124 Å². The maximum atomic E-state index is 11.7. The van der Waals surface area contributed by atoms with E-state index < -0.39 is 33.4 Å². The van der Waals surface area contributed by atoms with Crippen molar-refractivity contribution in [1.29, 1.82) is 0 Å². The highest BCUT2D eigenvalue weighted by Gasteiger charge is 2.17. The molecule has 116 valence electrons. The van der Waals surface area contributed by atoms with Gasteiger partial charge in [0.15, 0.2) is 9.84 Å². The summed E-state index contributed by atoms with van der Waals surface area (Å²) in [6.07, 6.45) is 0.460. The van der Waals surface area contributed by atoms with Crippen LogP contribution in [0.15, 0.2) is 24.3 Å². The van der Waals surface area contributed by atoms with E-state index >= 15 is 0 Å². The van der Waals surface area contributed by atoms with Crippen molar-refractivity contribution >= 4 is 27.4 Å². The predicted molar refractivity (Wildman–Crippen MR) is 80.1 cm³/mol. The molecular weight excluding hydrogens is 294 g/mol. The fourth-order valence-electron chi connectivity index (χ4n) is 1.81. The van der Waals surface area contributed by atoms with E-state index in [1.54, 1.807) is 25.1 Å². The topological polar surface area (TPSA) is 101 Å². The summed E-state index contributed by atoms with van der Waals surface area (Å²) in [6, 6.07) is 6.37. The molecule has 2 N–H and O–H groups in total. The van der Waals surface area contributed by atoms with Gasteiger partial charge in [-0.25, -0.2) is 8.42 Å². The molecule has 0 fully saturated rings. The van der Waals surface area contributed by atoms with Crippen LogP contribution in [0.4, 0.5) is 5.69 Å². The Morgan fingerprint density at radius 2 is 2.00 bits per heavy atom. The van der Waals surface area contributed by atoms with Gasteiger partial charge in [-0.1, -0.05) is 19.1 Å². The lowest BCUT2D eigenvalue weighted by molar-refractivity contribution is -0.138. The number of nitrogens with one attached hydrogen (secondary N) is 1. The van der Waals surface area contributed by atoms with Crippen LogP contribution in [0.5, 0.6) is 0 Å². The number of anilines is 1. The fourth-order valence-corrected chi connectivity index (χ4v) is 3.05. The molecule has 21 heavy (non-hydrogen) atoms. The van der Waals surface area contributed by atoms with E-state index in [1.807, 2.05) is 0 Å². The molecule has 1 rings (SSSR count). The molecule has 0 aliphatic heterocycles. The molecule has 0 bridgehead atoms. The van der Waals surface area contributed by atoms with Crippen molar-refractivity contribution in [3.05, 3.63) is 29.8 Å². The number of amides is 1. The average molecular weight is 313 g/mol. The van der Waals surface area contributed by atoms with Gasteiger partial charge in [0.05, 0.1) is 11.7 Å². The fraction of sp³-hybridized carbons (Fsp3) is 0.429. The van der Waals surface area contributed by atoms with E-state index in [0.29, 0.717) is 17.7 Å². The van der Waals surface area contributed by atoms with Crippen LogP contribution in [0.1, 0.15) is 31.7 Å². The molecule has 0 saturated carbocycles. The highest BCUT2D eigenvalue weighted by Crippen LogP contribution is 2.19. The maximum absolute atomic E-state index is 11.7. The highest BCUT2D eigenvalue weighted by molar-refractivity contribution is 7.92. The van der Waals surface area contributed by atoms with Crippen LogP contribution < -0.4 is 5.32 Å². The third-order valence-electron chi connectivity index (χ3n) is 2.91. The molecule has 0 heterocycles. The summed E-state index contributed by atoms with van der Waals surface area (Å²) in [6.45, 7) is 3.27. The van der Waals surface area contributed by atoms with E-state index in [9.17, 15) is 18.0 Å². The van der Waals surface area contributed by atoms with Crippen LogP contribution in [0.2, 0.25) is 0 Å². The zero-order valence-corrected chi connectivity index (χ0v) is 12.8. The number of aliphatic carboxylic acids is 1. The number of carboxylic acid groups (broad SMARTS) is 1. The van der Waals surface area contributed by atoms with Gasteiger partial charge < -0.3 is 10.4 Å². The summed E-state index contributed by atoms with van der Waals surface area (Å²) >= 11 is 0.